The first-order valence-corrected chi connectivity index (χ1v) is 17.5. The van der Waals surface area contributed by atoms with Crippen LogP contribution in [0.1, 0.15) is 37.8 Å². The zero-order chi connectivity index (χ0) is 34.6. The lowest BCUT2D eigenvalue weighted by Crippen LogP contribution is -2.31. The summed E-state index contributed by atoms with van der Waals surface area (Å²) in [7, 11) is 0. The molecule has 4 N–H and O–H groups in total. The molecule has 2 amide bonds. The van der Waals surface area contributed by atoms with Crippen molar-refractivity contribution >= 4 is 23.4 Å². The molecule has 280 valence electrons. The van der Waals surface area contributed by atoms with Crippen LogP contribution in [-0.2, 0) is 60.4 Å². The van der Waals surface area contributed by atoms with Gasteiger partial charge < -0.3 is 54.3 Å². The molecule has 0 atom stereocenters. The Morgan fingerprint density at radius 3 is 1.79 bits per heavy atom. The van der Waals surface area contributed by atoms with E-state index in [1.165, 1.54) is 0 Å². The average Bonchev–Trinajstić information content (AvgIpc) is 3.55. The summed E-state index contributed by atoms with van der Waals surface area (Å²) in [4.78, 5) is 23.9. The maximum atomic E-state index is 12.1. The van der Waals surface area contributed by atoms with Gasteiger partial charge in [-0.3, -0.25) is 9.59 Å². The molecule has 0 aliphatic heterocycles. The first kappa shape index (κ1) is 44.0. The second kappa shape index (κ2) is 34.9. The van der Waals surface area contributed by atoms with E-state index >= 15 is 0 Å². The number of nitrogens with zero attached hydrogens (tertiary/aromatic N) is 3. The van der Waals surface area contributed by atoms with E-state index < -0.39 is 0 Å². The van der Waals surface area contributed by atoms with E-state index in [2.05, 4.69) is 20.9 Å². The number of amides is 2. The zero-order valence-corrected chi connectivity index (χ0v) is 29.3. The van der Waals surface area contributed by atoms with Crippen LogP contribution in [0.3, 0.4) is 0 Å². The van der Waals surface area contributed by atoms with E-state index in [1.54, 1.807) is 4.68 Å². The maximum Gasteiger partial charge on any atom is 0.246 e. The molecule has 0 fully saturated rings. The number of nitrogens with two attached hydrogens (primary N) is 1. The second-order valence-electron chi connectivity index (χ2n) is 10.4. The molecular weight excluding hydrogens is 652 g/mol. The summed E-state index contributed by atoms with van der Waals surface area (Å²) in [5, 5.41) is 13.7. The number of ether oxygens (including phenoxy) is 8. The van der Waals surface area contributed by atoms with Crippen LogP contribution in [0, 0.1) is 0 Å². The summed E-state index contributed by atoms with van der Waals surface area (Å²) in [6, 6.07) is 0. The molecule has 0 saturated carbocycles. The number of rotatable bonds is 37. The predicted molar refractivity (Wildman–Crippen MR) is 179 cm³/mol. The van der Waals surface area contributed by atoms with Gasteiger partial charge >= 0.3 is 0 Å². The largest absolute Gasteiger partial charge is 0.379 e. The molecule has 1 heterocycles. The molecule has 0 aliphatic rings. The minimum absolute atomic E-state index is 0.0377. The highest BCUT2D eigenvalue weighted by Crippen LogP contribution is 2.01. The predicted octanol–water partition coefficient (Wildman–Crippen LogP) is 0.334. The van der Waals surface area contributed by atoms with E-state index in [0.717, 1.165) is 43.9 Å². The van der Waals surface area contributed by atoms with Crippen molar-refractivity contribution in [1.29, 1.82) is 0 Å². The lowest BCUT2D eigenvalue weighted by molar-refractivity contribution is -0.126. The Bertz CT molecular complexity index is 874. The first-order valence-electron chi connectivity index (χ1n) is 17.0. The third-order valence-electron chi connectivity index (χ3n) is 6.32. The number of carbonyl (C=O) groups excluding carboxylic acids is 2. The summed E-state index contributed by atoms with van der Waals surface area (Å²) in [6.45, 7) is 8.89. The number of aromatic nitrogens is 3. The van der Waals surface area contributed by atoms with Gasteiger partial charge in [0.05, 0.1) is 105 Å². The number of unbranched alkanes of at least 4 members (excludes halogenated alkanes) is 3. The summed E-state index contributed by atoms with van der Waals surface area (Å²) in [5.74, 6) is 0.430. The van der Waals surface area contributed by atoms with Gasteiger partial charge in [-0.15, -0.1) is 16.7 Å². The summed E-state index contributed by atoms with van der Waals surface area (Å²) in [5.41, 5.74) is 6.09. The highest BCUT2D eigenvalue weighted by molar-refractivity contribution is 6.17. The Morgan fingerprint density at radius 1 is 0.646 bits per heavy atom. The van der Waals surface area contributed by atoms with Crippen LogP contribution in [0.15, 0.2) is 6.20 Å². The van der Waals surface area contributed by atoms with Crippen LogP contribution in [0.25, 0.3) is 0 Å². The zero-order valence-electron chi connectivity index (χ0n) is 28.5. The van der Waals surface area contributed by atoms with Gasteiger partial charge in [0.15, 0.2) is 0 Å². The van der Waals surface area contributed by atoms with Crippen molar-refractivity contribution in [3.63, 3.8) is 0 Å². The second-order valence-corrected chi connectivity index (χ2v) is 10.8. The third kappa shape index (κ3) is 30.1. The fourth-order valence-electron chi connectivity index (χ4n) is 3.83. The Morgan fingerprint density at radius 2 is 1.17 bits per heavy atom. The Balaban J connectivity index is 1.82. The number of hydrogen-bond donors (Lipinski definition) is 3. The minimum atomic E-state index is -0.205. The van der Waals surface area contributed by atoms with Crippen molar-refractivity contribution in [2.45, 2.75) is 45.1 Å². The van der Waals surface area contributed by atoms with Gasteiger partial charge in [-0.1, -0.05) is 18.1 Å². The van der Waals surface area contributed by atoms with Crippen LogP contribution >= 0.6 is 11.6 Å². The number of halogens is 1. The number of nitrogens with one attached hydrogen (secondary N) is 2. The SMILES string of the molecule is NCCOCCOCCOCCn1cc(CCC(=O)NCCOCCOCCOCC(=O)NCCOCCOCCCCCCCl)nn1. The quantitative estimate of drug-likeness (QED) is 0.0634. The van der Waals surface area contributed by atoms with Crippen LogP contribution in [-0.4, -0.2) is 158 Å². The summed E-state index contributed by atoms with van der Waals surface area (Å²) >= 11 is 5.65. The molecule has 0 bridgehead atoms. The van der Waals surface area contributed by atoms with Crippen molar-refractivity contribution < 1.29 is 47.5 Å². The maximum absolute atomic E-state index is 12.1. The van der Waals surface area contributed by atoms with Crippen LogP contribution in [0.4, 0.5) is 0 Å². The lowest BCUT2D eigenvalue weighted by Gasteiger charge is -2.09. The Hall–Kier alpha value is -1.99. The fourth-order valence-corrected chi connectivity index (χ4v) is 4.02. The standard InChI is InChI=1S/C31H59ClN6O10/c32-7-3-1-2-4-12-41-17-19-44-15-10-35-31(40)28-48-26-25-47-23-20-43-14-9-34-30(39)6-5-29-27-38(37-36-29)11-16-45-21-24-46-22-18-42-13-8-33/h27H,1-26,28,33H2,(H,34,39)(H,35,40). The highest BCUT2D eigenvalue weighted by Gasteiger charge is 2.06. The van der Waals surface area contributed by atoms with Crippen molar-refractivity contribution in [1.82, 2.24) is 25.6 Å². The van der Waals surface area contributed by atoms with Crippen molar-refractivity contribution in [2.75, 3.05) is 131 Å². The summed E-state index contributed by atoms with van der Waals surface area (Å²) < 4.78 is 45.0. The van der Waals surface area contributed by atoms with Crippen LogP contribution in [0.5, 0.6) is 0 Å². The van der Waals surface area contributed by atoms with Gasteiger partial charge in [-0.25, -0.2) is 4.68 Å². The molecule has 0 unspecified atom stereocenters. The van der Waals surface area contributed by atoms with Gasteiger partial charge in [0.2, 0.25) is 11.8 Å². The van der Waals surface area contributed by atoms with Gasteiger partial charge in [-0.05, 0) is 12.8 Å². The number of hydrogen-bond acceptors (Lipinski definition) is 13. The molecule has 0 spiro atoms. The molecule has 16 nitrogen and oxygen atoms in total. The van der Waals surface area contributed by atoms with Crippen molar-refractivity contribution in [2.24, 2.45) is 5.73 Å². The number of aryl methyl sites for hydroxylation is 1. The fraction of sp³-hybridized carbons (Fsp3) is 0.871. The van der Waals surface area contributed by atoms with E-state index in [4.69, 9.17) is 55.2 Å². The van der Waals surface area contributed by atoms with Crippen LogP contribution < -0.4 is 16.4 Å². The van der Waals surface area contributed by atoms with Crippen molar-refractivity contribution in [3.8, 4) is 0 Å². The van der Waals surface area contributed by atoms with E-state index in [9.17, 15) is 9.59 Å². The van der Waals surface area contributed by atoms with Gasteiger partial charge in [0, 0.05) is 51.2 Å². The monoisotopic (exact) mass is 710 g/mol. The molecular formula is C31H59ClN6O10. The molecule has 48 heavy (non-hydrogen) atoms. The first-order chi connectivity index (χ1) is 23.7. The van der Waals surface area contributed by atoms with Crippen LogP contribution in [0.2, 0.25) is 0 Å². The molecule has 0 saturated heterocycles. The van der Waals surface area contributed by atoms with Gasteiger partial charge in [-0.2, -0.15) is 0 Å². The highest BCUT2D eigenvalue weighted by atomic mass is 35.5. The van der Waals surface area contributed by atoms with E-state index in [-0.39, 0.29) is 18.4 Å². The average molecular weight is 711 g/mol. The molecule has 17 heteroatoms. The van der Waals surface area contributed by atoms with Crippen molar-refractivity contribution in [3.05, 3.63) is 11.9 Å². The van der Waals surface area contributed by atoms with Gasteiger partial charge in [0.25, 0.3) is 0 Å². The molecule has 1 aromatic heterocycles. The molecule has 1 rings (SSSR count). The van der Waals surface area contributed by atoms with E-state index in [0.29, 0.717) is 132 Å². The smallest absolute Gasteiger partial charge is 0.246 e. The molecule has 0 aliphatic carbocycles. The molecule has 0 radical (unpaired) electrons. The third-order valence-corrected chi connectivity index (χ3v) is 6.59. The topological polar surface area (TPSA) is 189 Å². The number of carbonyl (C=O) groups is 2. The Labute approximate surface area is 290 Å². The summed E-state index contributed by atoms with van der Waals surface area (Å²) in [6.07, 6.45) is 6.97. The minimum Gasteiger partial charge on any atom is -0.379 e. The van der Waals surface area contributed by atoms with Gasteiger partial charge in [0.1, 0.15) is 6.61 Å². The Kier molecular flexibility index (Phi) is 32.0. The molecule has 0 aromatic carbocycles. The van der Waals surface area contributed by atoms with E-state index in [1.807, 2.05) is 6.20 Å². The number of alkyl halides is 1. The normalized spacial score (nSPS) is 11.3. The lowest BCUT2D eigenvalue weighted by atomic mass is 10.2. The molecule has 1 aromatic rings.